The molecule has 1 aromatic heterocycles. The predicted molar refractivity (Wildman–Crippen MR) is 197 cm³/mol. The van der Waals surface area contributed by atoms with Crippen molar-refractivity contribution in [3.05, 3.63) is 99.2 Å². The third kappa shape index (κ3) is 15.0. The molecule has 5 rings (SSSR count). The van der Waals surface area contributed by atoms with E-state index in [1.807, 2.05) is 17.8 Å². The number of rotatable bonds is 5. The van der Waals surface area contributed by atoms with Gasteiger partial charge in [-0.2, -0.15) is 0 Å². The molecule has 1 atom stereocenters. The lowest BCUT2D eigenvalue weighted by Gasteiger charge is -2.37. The van der Waals surface area contributed by atoms with Gasteiger partial charge in [-0.15, -0.1) is 0 Å². The topological polar surface area (TPSA) is 79.4 Å². The van der Waals surface area contributed by atoms with E-state index in [4.69, 9.17) is 11.6 Å². The Labute approximate surface area is 286 Å². The summed E-state index contributed by atoms with van der Waals surface area (Å²) in [6.07, 6.45) is 18.8. The van der Waals surface area contributed by atoms with Crippen LogP contribution in [0.15, 0.2) is 83.1 Å². The lowest BCUT2D eigenvalue weighted by molar-refractivity contribution is -0.117. The molecule has 7 nitrogen and oxygen atoms in total. The molecule has 3 aliphatic rings. The summed E-state index contributed by atoms with van der Waals surface area (Å²) in [4.78, 5) is 18.2. The molecular weight excluding hydrogens is 648 g/mol. The Kier molecular flexibility index (Phi) is 20.4. The van der Waals surface area contributed by atoms with Crippen LogP contribution in [0.5, 0.6) is 0 Å². The summed E-state index contributed by atoms with van der Waals surface area (Å²) in [6, 6.07) is 6.95. The number of nitrogens with one attached hydrogen (secondary N) is 1. The average Bonchev–Trinajstić information content (AvgIpc) is 3.73. The minimum atomic E-state index is 0. The summed E-state index contributed by atoms with van der Waals surface area (Å²) in [6.45, 7) is 16.1. The highest BCUT2D eigenvalue weighted by atomic mass is 79.9. The van der Waals surface area contributed by atoms with Crippen LogP contribution in [0.25, 0.3) is 0 Å². The zero-order valence-corrected chi connectivity index (χ0v) is 29.4. The molecule has 0 spiro atoms. The van der Waals surface area contributed by atoms with Gasteiger partial charge in [0.2, 0.25) is 6.41 Å². The second kappa shape index (κ2) is 22.8. The SMILES string of the molecule is C.C=CN.CC/C(C)=C/C(Br)=C\C1=C(/C)CC(N2CCNCC2)c2ccc(Cl)cc2CC1.Cn1ccnc1.O=CN1CCCC1. The predicted octanol–water partition coefficient (Wildman–Crippen LogP) is 7.96. The molecule has 1 aliphatic carbocycles. The molecule has 45 heavy (non-hydrogen) atoms. The Morgan fingerprint density at radius 3 is 2.38 bits per heavy atom. The highest BCUT2D eigenvalue weighted by Crippen LogP contribution is 2.37. The van der Waals surface area contributed by atoms with Gasteiger partial charge in [0.05, 0.1) is 6.33 Å². The molecule has 1 amide bonds. The van der Waals surface area contributed by atoms with Gasteiger partial charge in [-0.3, -0.25) is 9.69 Å². The fourth-order valence-corrected chi connectivity index (χ4v) is 6.22. The minimum absolute atomic E-state index is 0. The summed E-state index contributed by atoms with van der Waals surface area (Å²) in [5.74, 6) is 0. The van der Waals surface area contributed by atoms with E-state index in [-0.39, 0.29) is 7.43 Å². The number of halogens is 2. The molecule has 1 unspecified atom stereocenters. The monoisotopic (exact) mass is 702 g/mol. The van der Waals surface area contributed by atoms with Crippen LogP contribution in [0.4, 0.5) is 0 Å². The molecule has 9 heteroatoms. The number of benzene rings is 1. The van der Waals surface area contributed by atoms with Gasteiger partial charge in [-0.05, 0) is 99.6 Å². The van der Waals surface area contributed by atoms with E-state index >= 15 is 0 Å². The standard InChI is InChI=1S/C24H32BrClN2.C5H9NO.C4H6N2.C2H5N.CH4/c1-4-17(2)13-21(25)15-19-5-6-20-16-22(26)7-8-23(20)24(14-18(19)3)28-11-9-27-10-12-28;7-5-6-3-1-2-4-6;1-6-3-2-5-4-6;1-2-3;/h7-8,13,15-16,24,27H,4-6,9-12,14H2,1-3H3;5H,1-4H2;2-4H,1H3;2H,1,3H2;1H4/b17-13+,19-18+,21-15+;;;;. The first-order chi connectivity index (χ1) is 21.2. The molecule has 0 saturated carbocycles. The van der Waals surface area contributed by atoms with Gasteiger partial charge in [0.25, 0.3) is 0 Å². The Morgan fingerprint density at radius 1 is 1.20 bits per heavy atom. The third-order valence-electron chi connectivity index (χ3n) is 7.95. The first-order valence-electron chi connectivity index (χ1n) is 15.6. The highest BCUT2D eigenvalue weighted by Gasteiger charge is 2.26. The molecule has 2 aliphatic heterocycles. The maximum absolute atomic E-state index is 9.93. The zero-order valence-electron chi connectivity index (χ0n) is 27.1. The molecule has 0 bridgehead atoms. The van der Waals surface area contributed by atoms with Crippen molar-refractivity contribution in [2.24, 2.45) is 12.8 Å². The number of fused-ring (bicyclic) bond motifs is 1. The normalized spacial score (nSPS) is 20.3. The number of carbonyl (C=O) groups excluding carboxylic acids is 1. The average molecular weight is 704 g/mol. The molecule has 2 fully saturated rings. The van der Waals surface area contributed by atoms with E-state index in [1.165, 1.54) is 51.4 Å². The molecule has 1 aromatic carbocycles. The fraction of sp³-hybridized carbons (Fsp3) is 0.500. The van der Waals surface area contributed by atoms with Gasteiger partial charge < -0.3 is 20.5 Å². The summed E-state index contributed by atoms with van der Waals surface area (Å²) < 4.78 is 3.06. The van der Waals surface area contributed by atoms with E-state index in [1.54, 1.807) is 17.4 Å². The van der Waals surface area contributed by atoms with E-state index < -0.39 is 0 Å². The maximum Gasteiger partial charge on any atom is 0.209 e. The van der Waals surface area contributed by atoms with Crippen LogP contribution in [-0.4, -0.2) is 65.0 Å². The number of allylic oxidation sites excluding steroid dienone is 5. The molecule has 0 radical (unpaired) electrons. The fourth-order valence-electron chi connectivity index (χ4n) is 5.36. The molecular formula is C36H56BrClN6O. The lowest BCUT2D eigenvalue weighted by Crippen LogP contribution is -2.45. The Bertz CT molecular complexity index is 1230. The van der Waals surface area contributed by atoms with Gasteiger partial charge in [0, 0.05) is 74.3 Å². The van der Waals surface area contributed by atoms with Gasteiger partial charge in [0.1, 0.15) is 0 Å². The molecule has 3 N–H and O–H groups in total. The number of aryl methyl sites for hydroxylation is 2. The largest absolute Gasteiger partial charge is 0.405 e. The van der Waals surface area contributed by atoms with Crippen molar-refractivity contribution >= 4 is 33.9 Å². The van der Waals surface area contributed by atoms with Crippen LogP contribution < -0.4 is 11.1 Å². The number of amides is 1. The molecule has 250 valence electrons. The number of nitrogens with two attached hydrogens (primary N) is 1. The van der Waals surface area contributed by atoms with Crippen molar-refractivity contribution in [1.29, 1.82) is 0 Å². The number of likely N-dealkylation sites (tertiary alicyclic amines) is 1. The maximum atomic E-state index is 9.93. The number of hydrogen-bond acceptors (Lipinski definition) is 5. The number of imidazole rings is 1. The Balaban J connectivity index is 0.000000484. The van der Waals surface area contributed by atoms with E-state index in [2.05, 4.69) is 94.6 Å². The van der Waals surface area contributed by atoms with Crippen LogP contribution in [0.3, 0.4) is 0 Å². The van der Waals surface area contributed by atoms with E-state index in [0.29, 0.717) is 6.04 Å². The first-order valence-corrected chi connectivity index (χ1v) is 16.8. The van der Waals surface area contributed by atoms with E-state index in [9.17, 15) is 4.79 Å². The van der Waals surface area contributed by atoms with Crippen LogP contribution in [-0.2, 0) is 18.3 Å². The number of aromatic nitrogens is 2. The van der Waals surface area contributed by atoms with Crippen molar-refractivity contribution in [3.8, 4) is 0 Å². The van der Waals surface area contributed by atoms with Crippen molar-refractivity contribution < 1.29 is 4.79 Å². The van der Waals surface area contributed by atoms with Crippen LogP contribution in [0.2, 0.25) is 5.02 Å². The molecule has 2 aromatic rings. The van der Waals surface area contributed by atoms with Crippen LogP contribution in [0.1, 0.15) is 77.5 Å². The lowest BCUT2D eigenvalue weighted by atomic mass is 9.85. The smallest absolute Gasteiger partial charge is 0.209 e. The number of carbonyl (C=O) groups is 1. The Morgan fingerprint density at radius 2 is 1.87 bits per heavy atom. The van der Waals surface area contributed by atoms with Crippen molar-refractivity contribution in [1.82, 2.24) is 24.7 Å². The first kappa shape index (κ1) is 40.4. The third-order valence-corrected chi connectivity index (χ3v) is 8.64. The van der Waals surface area contributed by atoms with Gasteiger partial charge in [-0.1, -0.05) is 65.7 Å². The summed E-state index contributed by atoms with van der Waals surface area (Å²) in [5, 5.41) is 4.33. The summed E-state index contributed by atoms with van der Waals surface area (Å²) in [7, 11) is 1.94. The van der Waals surface area contributed by atoms with Crippen LogP contribution >= 0.6 is 27.5 Å². The van der Waals surface area contributed by atoms with Crippen LogP contribution in [0, 0.1) is 0 Å². The quantitative estimate of drug-likeness (QED) is 0.244. The van der Waals surface area contributed by atoms with Crippen molar-refractivity contribution in [2.45, 2.75) is 72.8 Å². The van der Waals surface area contributed by atoms with Crippen molar-refractivity contribution in [2.75, 3.05) is 39.3 Å². The summed E-state index contributed by atoms with van der Waals surface area (Å²) in [5.41, 5.74) is 11.8. The summed E-state index contributed by atoms with van der Waals surface area (Å²) >= 11 is 10.1. The van der Waals surface area contributed by atoms with Gasteiger partial charge in [-0.25, -0.2) is 4.98 Å². The highest BCUT2D eigenvalue weighted by molar-refractivity contribution is 9.11. The second-order valence-corrected chi connectivity index (χ2v) is 12.7. The van der Waals surface area contributed by atoms with E-state index in [0.717, 1.165) is 76.4 Å². The number of hydrogen-bond donors (Lipinski definition) is 2. The van der Waals surface area contributed by atoms with Gasteiger partial charge >= 0.3 is 0 Å². The Hall–Kier alpha value is -2.65. The minimum Gasteiger partial charge on any atom is -0.405 e. The number of piperazine rings is 1. The molecule has 2 saturated heterocycles. The second-order valence-electron chi connectivity index (χ2n) is 11.3. The zero-order chi connectivity index (χ0) is 32.3. The molecule has 3 heterocycles. The van der Waals surface area contributed by atoms with Gasteiger partial charge in [0.15, 0.2) is 0 Å². The van der Waals surface area contributed by atoms with Crippen molar-refractivity contribution in [3.63, 3.8) is 0 Å². The number of nitrogens with zero attached hydrogens (tertiary/aromatic N) is 4.